The van der Waals surface area contributed by atoms with Gasteiger partial charge in [0.1, 0.15) is 0 Å². The molecule has 1 fully saturated rings. The zero-order valence-electron chi connectivity index (χ0n) is 15.2. The highest BCUT2D eigenvalue weighted by Crippen LogP contribution is 2.16. The van der Waals surface area contributed by atoms with Crippen LogP contribution in [0.1, 0.15) is 39.5 Å². The van der Waals surface area contributed by atoms with Crippen molar-refractivity contribution in [3.05, 3.63) is 34.7 Å². The van der Waals surface area contributed by atoms with Gasteiger partial charge in [-0.25, -0.2) is 14.2 Å². The van der Waals surface area contributed by atoms with E-state index in [-0.39, 0.29) is 11.7 Å². The molecule has 3 rings (SSSR count). The van der Waals surface area contributed by atoms with Crippen LogP contribution in [0.3, 0.4) is 0 Å². The van der Waals surface area contributed by atoms with Gasteiger partial charge in [-0.2, -0.15) is 0 Å². The topological polar surface area (TPSA) is 59.3 Å². The van der Waals surface area contributed by atoms with Crippen LogP contribution in [0.4, 0.5) is 4.79 Å². The zero-order chi connectivity index (χ0) is 17.8. The van der Waals surface area contributed by atoms with Gasteiger partial charge in [-0.15, -0.1) is 0 Å². The largest absolute Gasteiger partial charge is 0.337 e. The molecule has 6 nitrogen and oxygen atoms in total. The Morgan fingerprint density at radius 3 is 2.72 bits per heavy atom. The number of unbranched alkanes of at least 4 members (excludes halogenated alkanes) is 1. The maximum Gasteiger partial charge on any atom is 0.337 e. The van der Waals surface area contributed by atoms with Crippen molar-refractivity contribution < 1.29 is 4.79 Å². The number of amides is 1. The molecule has 1 N–H and O–H groups in total. The van der Waals surface area contributed by atoms with Crippen molar-refractivity contribution in [1.82, 2.24) is 19.4 Å². The second kappa shape index (κ2) is 7.87. The van der Waals surface area contributed by atoms with Crippen LogP contribution in [-0.4, -0.2) is 45.7 Å². The Balaban J connectivity index is 1.83. The minimum absolute atomic E-state index is 0.245. The van der Waals surface area contributed by atoms with Crippen molar-refractivity contribution in [2.24, 2.45) is 0 Å². The van der Waals surface area contributed by atoms with Crippen LogP contribution in [-0.2, 0) is 6.54 Å². The third kappa shape index (κ3) is 3.49. The number of likely N-dealkylation sites (N-methyl/N-ethyl adjacent to an activating group) is 1. The SMILES string of the molecule is CCCCn1c(=O)n(C(=O)NC[C@@H]2CCCN2CC)c2ccccc21. The molecule has 0 saturated carbocycles. The molecule has 0 unspecified atom stereocenters. The molecule has 2 aromatic rings. The van der Waals surface area contributed by atoms with Crippen LogP contribution in [0.25, 0.3) is 11.0 Å². The molecule has 1 aromatic carbocycles. The van der Waals surface area contributed by atoms with E-state index < -0.39 is 0 Å². The zero-order valence-corrected chi connectivity index (χ0v) is 15.2. The fourth-order valence-corrected chi connectivity index (χ4v) is 3.76. The Labute approximate surface area is 148 Å². The number of aryl methyl sites for hydroxylation is 1. The number of imidazole rings is 1. The summed E-state index contributed by atoms with van der Waals surface area (Å²) in [5, 5.41) is 2.98. The number of aromatic nitrogens is 2. The molecule has 1 aromatic heterocycles. The maximum atomic E-state index is 12.8. The number of hydrogen-bond acceptors (Lipinski definition) is 3. The molecule has 0 radical (unpaired) electrons. The lowest BCUT2D eigenvalue weighted by Gasteiger charge is -2.22. The lowest BCUT2D eigenvalue weighted by molar-refractivity contribution is 0.230. The van der Waals surface area contributed by atoms with Crippen molar-refractivity contribution >= 4 is 17.1 Å². The van der Waals surface area contributed by atoms with Gasteiger partial charge in [-0.05, 0) is 44.5 Å². The molecule has 1 atom stereocenters. The summed E-state index contributed by atoms with van der Waals surface area (Å²) in [7, 11) is 0. The van der Waals surface area contributed by atoms with E-state index in [0.717, 1.165) is 37.9 Å². The average molecular weight is 344 g/mol. The Bertz CT molecular complexity index is 792. The van der Waals surface area contributed by atoms with Gasteiger partial charge in [-0.1, -0.05) is 32.4 Å². The molecule has 0 aliphatic carbocycles. The molecule has 1 aliphatic rings. The molecule has 1 saturated heterocycles. The van der Waals surface area contributed by atoms with Crippen molar-refractivity contribution in [1.29, 1.82) is 0 Å². The van der Waals surface area contributed by atoms with Crippen LogP contribution in [0.2, 0.25) is 0 Å². The van der Waals surface area contributed by atoms with E-state index >= 15 is 0 Å². The van der Waals surface area contributed by atoms with E-state index in [9.17, 15) is 9.59 Å². The van der Waals surface area contributed by atoms with Crippen LogP contribution in [0.15, 0.2) is 29.1 Å². The highest BCUT2D eigenvalue weighted by atomic mass is 16.2. The predicted molar refractivity (Wildman–Crippen MR) is 100 cm³/mol. The van der Waals surface area contributed by atoms with Crippen LogP contribution in [0.5, 0.6) is 0 Å². The number of benzene rings is 1. The molecule has 0 bridgehead atoms. The molecular weight excluding hydrogens is 316 g/mol. The van der Waals surface area contributed by atoms with Crippen LogP contribution in [0, 0.1) is 0 Å². The van der Waals surface area contributed by atoms with Gasteiger partial charge < -0.3 is 5.32 Å². The Morgan fingerprint density at radius 2 is 2.00 bits per heavy atom. The van der Waals surface area contributed by atoms with Crippen molar-refractivity contribution in [3.63, 3.8) is 0 Å². The molecule has 0 spiro atoms. The molecule has 1 amide bonds. The van der Waals surface area contributed by atoms with Gasteiger partial charge >= 0.3 is 11.7 Å². The van der Waals surface area contributed by atoms with Gasteiger partial charge in [0.2, 0.25) is 0 Å². The molecule has 6 heteroatoms. The third-order valence-electron chi connectivity index (χ3n) is 5.17. The van der Waals surface area contributed by atoms with Gasteiger partial charge in [0, 0.05) is 19.1 Å². The summed E-state index contributed by atoms with van der Waals surface area (Å²) < 4.78 is 3.00. The summed E-state index contributed by atoms with van der Waals surface area (Å²) in [5.74, 6) is 0. The summed E-state index contributed by atoms with van der Waals surface area (Å²) in [6.45, 7) is 7.56. The van der Waals surface area contributed by atoms with E-state index in [1.165, 1.54) is 11.0 Å². The van der Waals surface area contributed by atoms with E-state index in [1.54, 1.807) is 4.57 Å². The molecule has 1 aliphatic heterocycles. The highest BCUT2D eigenvalue weighted by Gasteiger charge is 2.24. The van der Waals surface area contributed by atoms with E-state index in [2.05, 4.69) is 24.1 Å². The Kier molecular flexibility index (Phi) is 5.58. The number of likely N-dealkylation sites (tertiary alicyclic amines) is 1. The van der Waals surface area contributed by atoms with Crippen molar-refractivity contribution in [3.8, 4) is 0 Å². The summed E-state index contributed by atoms with van der Waals surface area (Å²) in [5.41, 5.74) is 1.26. The fraction of sp³-hybridized carbons (Fsp3) is 0.579. The summed E-state index contributed by atoms with van der Waals surface area (Å²) in [4.78, 5) is 27.9. The second-order valence-corrected chi connectivity index (χ2v) is 6.72. The number of hydrogen-bond donors (Lipinski definition) is 1. The van der Waals surface area contributed by atoms with Gasteiger partial charge in [-0.3, -0.25) is 9.47 Å². The van der Waals surface area contributed by atoms with Gasteiger partial charge in [0.25, 0.3) is 0 Å². The number of nitrogens with one attached hydrogen (secondary N) is 1. The first-order valence-electron chi connectivity index (χ1n) is 9.39. The maximum absolute atomic E-state index is 12.8. The lowest BCUT2D eigenvalue weighted by atomic mass is 10.2. The quantitative estimate of drug-likeness (QED) is 0.876. The first-order valence-corrected chi connectivity index (χ1v) is 9.39. The van der Waals surface area contributed by atoms with Crippen molar-refractivity contribution in [2.75, 3.05) is 19.6 Å². The van der Waals surface area contributed by atoms with Crippen LogP contribution < -0.4 is 11.0 Å². The van der Waals surface area contributed by atoms with Crippen LogP contribution >= 0.6 is 0 Å². The lowest BCUT2D eigenvalue weighted by Crippen LogP contribution is -2.43. The van der Waals surface area contributed by atoms with Crippen molar-refractivity contribution in [2.45, 2.75) is 52.1 Å². The Morgan fingerprint density at radius 1 is 1.24 bits per heavy atom. The monoisotopic (exact) mass is 344 g/mol. The number of nitrogens with zero attached hydrogens (tertiary/aromatic N) is 3. The van der Waals surface area contributed by atoms with E-state index in [1.807, 2.05) is 24.3 Å². The third-order valence-corrected chi connectivity index (χ3v) is 5.17. The minimum atomic E-state index is -0.320. The van der Waals surface area contributed by atoms with E-state index in [0.29, 0.717) is 24.6 Å². The van der Waals surface area contributed by atoms with E-state index in [4.69, 9.17) is 0 Å². The molecular formula is C19H28N4O2. The second-order valence-electron chi connectivity index (χ2n) is 6.72. The summed E-state index contributed by atoms with van der Waals surface area (Å²) in [6.07, 6.45) is 4.20. The summed E-state index contributed by atoms with van der Waals surface area (Å²) in [6, 6.07) is 7.58. The molecule has 25 heavy (non-hydrogen) atoms. The number of carbonyl (C=O) groups excluding carboxylic acids is 1. The van der Waals surface area contributed by atoms with Gasteiger partial charge in [0.05, 0.1) is 11.0 Å². The van der Waals surface area contributed by atoms with Gasteiger partial charge in [0.15, 0.2) is 0 Å². The number of rotatable bonds is 6. The highest BCUT2D eigenvalue weighted by molar-refractivity contribution is 5.89. The molecule has 2 heterocycles. The first kappa shape index (κ1) is 17.7. The number of carbonyl (C=O) groups is 1. The fourth-order valence-electron chi connectivity index (χ4n) is 3.76. The number of para-hydroxylation sites is 2. The minimum Gasteiger partial charge on any atom is -0.336 e. The predicted octanol–water partition coefficient (Wildman–Crippen LogP) is 2.65. The first-order chi connectivity index (χ1) is 12.2. The molecule has 136 valence electrons. The normalized spacial score (nSPS) is 18.1. The smallest absolute Gasteiger partial charge is 0.336 e. The summed E-state index contributed by atoms with van der Waals surface area (Å²) >= 11 is 0. The number of fused-ring (bicyclic) bond motifs is 1. The Hall–Kier alpha value is -2.08. The average Bonchev–Trinajstić information content (AvgIpc) is 3.19. The standard InChI is InChI=1S/C19H28N4O2/c1-3-5-13-22-16-10-6-7-11-17(16)23(19(22)25)18(24)20-14-15-9-8-12-21(15)4-2/h6-7,10-11,15H,3-5,8-9,12-14H2,1-2H3,(H,20,24)/t15-/m0/s1.